The SMILES string of the molecule is COOOC1O[C@@H](O[C@@H](CS(=O)(=O)[C@H]2C(=O)N(c3ccccc3)[C@@H]2c2ccc(-c3ccc(C4O[C@H](COC(C)=O)[C@@H](OC(C)=O)[C@H](OC(C)=O)[C@H]4OC(C)=O)cc3)cc2OCc2ccccc2)c2ccc(F)cc2)C(OC(C)=O)[C@@H](OC(C)=O)[C@@H]1OC(C)=O. The highest BCUT2D eigenvalue weighted by atomic mass is 32.2. The number of β-lactam (4-membered cyclic amide) rings is 1. The quantitative estimate of drug-likeness (QED) is 0.0210. The number of hydrogen-bond donors (Lipinski definition) is 0. The van der Waals surface area contributed by atoms with Crippen LogP contribution >= 0.6 is 0 Å². The van der Waals surface area contributed by atoms with Crippen molar-refractivity contribution < 1.29 is 118 Å². The number of sulfone groups is 1. The molecule has 3 saturated heterocycles. The molecule has 5 aromatic carbocycles. The van der Waals surface area contributed by atoms with Crippen LogP contribution in [0.4, 0.5) is 10.1 Å². The minimum atomic E-state index is -4.83. The molecule has 474 valence electrons. The molecule has 3 aliphatic heterocycles. The topological polar surface area (TPSA) is 303 Å². The van der Waals surface area contributed by atoms with Crippen molar-refractivity contribution in [3.63, 3.8) is 0 Å². The third kappa shape index (κ3) is 16.5. The van der Waals surface area contributed by atoms with Crippen molar-refractivity contribution in [2.45, 2.75) is 134 Å². The fraction of sp³-hybridized carbons (Fsp3) is 0.387. The van der Waals surface area contributed by atoms with E-state index < -0.39 is 155 Å². The largest absolute Gasteiger partial charge is 0.489 e. The van der Waals surface area contributed by atoms with Gasteiger partial charge in [0.2, 0.25) is 18.5 Å². The molecule has 3 unspecified atom stereocenters. The lowest BCUT2D eigenvalue weighted by atomic mass is 9.88. The molecule has 25 nitrogen and oxygen atoms in total. The molecule has 5 aromatic rings. The van der Waals surface area contributed by atoms with Gasteiger partial charge in [0.25, 0.3) is 0 Å². The first-order valence-corrected chi connectivity index (χ1v) is 29.4. The van der Waals surface area contributed by atoms with Crippen molar-refractivity contribution >= 4 is 63.2 Å². The molecular weight excluding hydrogens is 1190 g/mol. The van der Waals surface area contributed by atoms with Gasteiger partial charge in [0, 0.05) is 59.7 Å². The number of amides is 1. The maximum absolute atomic E-state index is 15.5. The normalized spacial score (nSPS) is 24.4. The summed E-state index contributed by atoms with van der Waals surface area (Å²) in [5.74, 6) is -8.43. The van der Waals surface area contributed by atoms with Gasteiger partial charge in [0.15, 0.2) is 51.7 Å². The molecule has 0 radical (unpaired) electrons. The lowest BCUT2D eigenvalue weighted by molar-refractivity contribution is -0.559. The molecule has 89 heavy (non-hydrogen) atoms. The van der Waals surface area contributed by atoms with Crippen molar-refractivity contribution in [2.75, 3.05) is 24.4 Å². The molecule has 1 amide bonds. The highest BCUT2D eigenvalue weighted by Crippen LogP contribution is 2.48. The van der Waals surface area contributed by atoms with Crippen LogP contribution in [0.5, 0.6) is 5.75 Å². The van der Waals surface area contributed by atoms with E-state index in [1.54, 1.807) is 84.9 Å². The van der Waals surface area contributed by atoms with Crippen molar-refractivity contribution in [3.8, 4) is 16.9 Å². The van der Waals surface area contributed by atoms with E-state index in [9.17, 15) is 42.7 Å². The summed E-state index contributed by atoms with van der Waals surface area (Å²) in [5, 5.41) is 2.77. The second kappa shape index (κ2) is 29.5. The van der Waals surface area contributed by atoms with Gasteiger partial charge in [-0.3, -0.25) is 38.4 Å². The Hall–Kier alpha value is -8.70. The van der Waals surface area contributed by atoms with Gasteiger partial charge < -0.3 is 57.0 Å². The average Bonchev–Trinajstić information content (AvgIpc) is 1.37. The van der Waals surface area contributed by atoms with Gasteiger partial charge in [0.1, 0.15) is 37.0 Å². The van der Waals surface area contributed by atoms with E-state index in [1.165, 1.54) is 17.0 Å². The molecule has 3 fully saturated rings. The summed E-state index contributed by atoms with van der Waals surface area (Å²) in [4.78, 5) is 113. The first-order valence-electron chi connectivity index (χ1n) is 27.7. The summed E-state index contributed by atoms with van der Waals surface area (Å²) in [6.07, 6.45) is -17.5. The lowest BCUT2D eigenvalue weighted by Crippen LogP contribution is -2.63. The Bertz CT molecular complexity index is 3460. The number of ether oxygens (including phenoxy) is 11. The number of nitrogens with zero attached hydrogens (tertiary/aromatic N) is 1. The van der Waals surface area contributed by atoms with Crippen LogP contribution in [-0.4, -0.2) is 136 Å². The van der Waals surface area contributed by atoms with Crippen molar-refractivity contribution in [2.24, 2.45) is 0 Å². The van der Waals surface area contributed by atoms with Crippen LogP contribution in [-0.2, 0) is 117 Å². The van der Waals surface area contributed by atoms with Gasteiger partial charge >= 0.3 is 41.8 Å². The van der Waals surface area contributed by atoms with Crippen LogP contribution < -0.4 is 9.64 Å². The number of rotatable bonds is 24. The molecule has 0 saturated carbocycles. The van der Waals surface area contributed by atoms with Gasteiger partial charge in [-0.2, -0.15) is 4.89 Å². The summed E-state index contributed by atoms with van der Waals surface area (Å²) in [5.41, 5.74) is 2.74. The molecule has 13 atom stereocenters. The molecule has 8 rings (SSSR count). The van der Waals surface area contributed by atoms with E-state index >= 15 is 8.42 Å². The number of halogens is 1. The maximum atomic E-state index is 15.5. The molecule has 0 aliphatic carbocycles. The second-order valence-corrected chi connectivity index (χ2v) is 22.8. The Morgan fingerprint density at radius 1 is 0.584 bits per heavy atom. The lowest BCUT2D eigenvalue weighted by Gasteiger charge is -2.47. The van der Waals surface area contributed by atoms with Gasteiger partial charge in [0.05, 0.1) is 25.0 Å². The maximum Gasteiger partial charge on any atom is 0.303 e. The van der Waals surface area contributed by atoms with Crippen molar-refractivity contribution in [1.29, 1.82) is 0 Å². The summed E-state index contributed by atoms with van der Waals surface area (Å²) >= 11 is 0. The Balaban J connectivity index is 1.20. The van der Waals surface area contributed by atoms with Crippen LogP contribution in [0, 0.1) is 5.82 Å². The van der Waals surface area contributed by atoms with Gasteiger partial charge in [-0.1, -0.05) is 102 Å². The van der Waals surface area contributed by atoms with E-state index in [4.69, 9.17) is 57.0 Å². The van der Waals surface area contributed by atoms with Crippen LogP contribution in [0.2, 0.25) is 0 Å². The average molecular weight is 1260 g/mol. The zero-order valence-electron chi connectivity index (χ0n) is 49.3. The molecule has 0 spiro atoms. The number of esters is 7. The Kier molecular flexibility index (Phi) is 22.0. The number of hydrogen-bond acceptors (Lipinski definition) is 24. The highest BCUT2D eigenvalue weighted by molar-refractivity contribution is 7.93. The number of para-hydroxylation sites is 1. The fourth-order valence-corrected chi connectivity index (χ4v) is 12.5. The first-order chi connectivity index (χ1) is 42.4. The van der Waals surface area contributed by atoms with Crippen LogP contribution in [0.3, 0.4) is 0 Å². The molecule has 0 bridgehead atoms. The Morgan fingerprint density at radius 3 is 1.69 bits per heavy atom. The minimum Gasteiger partial charge on any atom is -0.489 e. The summed E-state index contributed by atoms with van der Waals surface area (Å²) in [7, 11) is -3.78. The predicted molar refractivity (Wildman–Crippen MR) is 303 cm³/mol. The van der Waals surface area contributed by atoms with Crippen LogP contribution in [0.15, 0.2) is 127 Å². The first kappa shape index (κ1) is 66.3. The molecular formula is C62H64FNO24S. The number of carbonyl (C=O) groups excluding carboxylic acids is 8. The van der Waals surface area contributed by atoms with E-state index in [0.29, 0.717) is 22.4 Å². The Labute approximate surface area is 510 Å². The van der Waals surface area contributed by atoms with Crippen molar-refractivity contribution in [1.82, 2.24) is 0 Å². The number of benzene rings is 5. The molecule has 3 aliphatic rings. The fourth-order valence-electron chi connectivity index (χ4n) is 10.5. The van der Waals surface area contributed by atoms with Gasteiger partial charge in [-0.25, -0.2) is 17.7 Å². The van der Waals surface area contributed by atoms with Gasteiger partial charge in [-0.15, -0.1) is 0 Å². The summed E-state index contributed by atoms with van der Waals surface area (Å²) in [6.45, 7) is 7.05. The smallest absolute Gasteiger partial charge is 0.303 e. The van der Waals surface area contributed by atoms with Crippen molar-refractivity contribution in [3.05, 3.63) is 155 Å². The number of anilines is 1. The number of carbonyl (C=O) groups is 8. The summed E-state index contributed by atoms with van der Waals surface area (Å²) in [6, 6.07) is 32.1. The van der Waals surface area contributed by atoms with E-state index in [2.05, 4.69) is 9.93 Å². The van der Waals surface area contributed by atoms with E-state index in [0.717, 1.165) is 73.3 Å². The zero-order chi connectivity index (χ0) is 64.3. The summed E-state index contributed by atoms with van der Waals surface area (Å²) < 4.78 is 110. The highest BCUT2D eigenvalue weighted by Gasteiger charge is 2.59. The van der Waals surface area contributed by atoms with E-state index in [-0.39, 0.29) is 23.5 Å². The predicted octanol–water partition coefficient (Wildman–Crippen LogP) is 6.49. The minimum absolute atomic E-state index is 0.0107. The van der Waals surface area contributed by atoms with Gasteiger partial charge in [-0.05, 0) is 58.1 Å². The standard InChI is InChI=1S/C62H64FNO24S/c1-33(65)76-31-49-53(78-34(2)66)55(80-36(4)68)54(79-35(3)67)52(84-49)43-21-19-41(20-22-43)44-25-28-47(48(29-44)77-30-40-15-11-9-12-16-40)51-59(60(72)64(51)46-17-13-10-14-18-46)89(73,74)32-50(42-23-26-45(63)27-24-42)85-61-57(82-38(6)70)56(81-37(5)69)58(83-39(7)71)62(86-61)87-88-75-8/h9-29,49-59,61-62H,30-32H2,1-8H3/t49-,50+,51-,52?,53-,54+,55+,56-,57?,58+,59-,61-,62?/m1/s1. The Morgan fingerprint density at radius 2 is 1.11 bits per heavy atom. The van der Waals surface area contributed by atoms with Crippen LogP contribution in [0.1, 0.15) is 89.0 Å². The zero-order valence-corrected chi connectivity index (χ0v) is 50.1. The third-order valence-corrected chi connectivity index (χ3v) is 16.1. The second-order valence-electron chi connectivity index (χ2n) is 20.6. The molecule has 0 aromatic heterocycles. The molecule has 0 N–H and O–H groups in total. The van der Waals surface area contributed by atoms with E-state index in [1.807, 2.05) is 18.2 Å². The van der Waals surface area contributed by atoms with Crippen LogP contribution in [0.25, 0.3) is 11.1 Å². The third-order valence-electron chi connectivity index (χ3n) is 14.1. The molecule has 3 heterocycles. The molecule has 27 heteroatoms. The monoisotopic (exact) mass is 1260 g/mol.